The number of hydrogen-bond acceptors (Lipinski definition) is 2. The first-order valence-corrected chi connectivity index (χ1v) is 1.74. The van der Waals surface area contributed by atoms with Crippen molar-refractivity contribution in [3.63, 3.8) is 0 Å². The third-order valence-corrected chi connectivity index (χ3v) is 0.446. The van der Waals surface area contributed by atoms with Crippen LogP contribution in [0.25, 0.3) is 0 Å². The van der Waals surface area contributed by atoms with E-state index in [9.17, 15) is 4.79 Å². The Bertz CT molecular complexity index is 55.2. The zero-order valence-electron chi connectivity index (χ0n) is 5.56. The van der Waals surface area contributed by atoms with Crippen molar-refractivity contribution in [1.29, 1.82) is 0 Å². The average molecular weight is 113 g/mol. The number of carbonyl (C=O) groups is 1. The Hall–Kier alpha value is 0.430. The van der Waals surface area contributed by atoms with E-state index in [0.29, 0.717) is 6.42 Å². The molecule has 0 radical (unpaired) electrons. The monoisotopic (exact) mass is 113 g/mol. The zero-order valence-corrected chi connectivity index (χ0v) is 6.56. The first kappa shape index (κ1) is 10.4. The SMILES string of the molecule is CCC(=O)NO.[H-].[Na+]. The Morgan fingerprint density at radius 3 is 2.43 bits per heavy atom. The van der Waals surface area contributed by atoms with Gasteiger partial charge in [0, 0.05) is 6.42 Å². The van der Waals surface area contributed by atoms with E-state index in [-0.39, 0.29) is 36.9 Å². The van der Waals surface area contributed by atoms with Gasteiger partial charge in [-0.2, -0.15) is 0 Å². The molecule has 0 aliphatic rings. The summed E-state index contributed by atoms with van der Waals surface area (Å²) >= 11 is 0. The minimum Gasteiger partial charge on any atom is -1.00 e. The van der Waals surface area contributed by atoms with Crippen LogP contribution in [0.2, 0.25) is 0 Å². The van der Waals surface area contributed by atoms with Gasteiger partial charge >= 0.3 is 29.6 Å². The van der Waals surface area contributed by atoms with Crippen molar-refractivity contribution in [1.82, 2.24) is 5.48 Å². The molecule has 3 nitrogen and oxygen atoms in total. The van der Waals surface area contributed by atoms with Crippen molar-refractivity contribution in [3.8, 4) is 0 Å². The molecule has 0 saturated heterocycles. The topological polar surface area (TPSA) is 49.3 Å². The summed E-state index contributed by atoms with van der Waals surface area (Å²) in [6.45, 7) is 1.66. The fraction of sp³-hybridized carbons (Fsp3) is 0.667. The van der Waals surface area contributed by atoms with Gasteiger partial charge in [-0.25, -0.2) is 5.48 Å². The van der Waals surface area contributed by atoms with Gasteiger partial charge in [-0.1, -0.05) is 6.92 Å². The van der Waals surface area contributed by atoms with Crippen molar-refractivity contribution >= 4 is 5.91 Å². The number of amides is 1. The van der Waals surface area contributed by atoms with Crippen molar-refractivity contribution in [2.24, 2.45) is 0 Å². The molecule has 0 aliphatic heterocycles. The minimum atomic E-state index is -0.352. The number of rotatable bonds is 1. The Labute approximate surface area is 65.8 Å². The van der Waals surface area contributed by atoms with Gasteiger partial charge in [-0.05, 0) is 0 Å². The quantitative estimate of drug-likeness (QED) is 0.216. The minimum absolute atomic E-state index is 0. The summed E-state index contributed by atoms with van der Waals surface area (Å²) in [6, 6.07) is 0. The summed E-state index contributed by atoms with van der Waals surface area (Å²) in [5.74, 6) is -0.352. The smallest absolute Gasteiger partial charge is 1.00 e. The molecule has 0 unspecified atom stereocenters. The summed E-state index contributed by atoms with van der Waals surface area (Å²) in [7, 11) is 0. The molecule has 0 atom stereocenters. The summed E-state index contributed by atoms with van der Waals surface area (Å²) in [5.41, 5.74) is 1.48. The molecular weight excluding hydrogens is 105 g/mol. The number of nitrogens with one attached hydrogen (secondary N) is 1. The van der Waals surface area contributed by atoms with E-state index in [1.807, 2.05) is 0 Å². The van der Waals surface area contributed by atoms with E-state index < -0.39 is 0 Å². The Morgan fingerprint density at radius 2 is 2.43 bits per heavy atom. The molecule has 0 heterocycles. The van der Waals surface area contributed by atoms with E-state index in [1.165, 1.54) is 5.48 Å². The average Bonchev–Trinajstić information content (AvgIpc) is 1.65. The van der Waals surface area contributed by atoms with Gasteiger partial charge in [0.2, 0.25) is 5.91 Å². The predicted octanol–water partition coefficient (Wildman–Crippen LogP) is -2.98. The van der Waals surface area contributed by atoms with E-state index in [1.54, 1.807) is 6.92 Å². The van der Waals surface area contributed by atoms with Crippen LogP contribution in [0.3, 0.4) is 0 Å². The first-order chi connectivity index (χ1) is 2.81. The largest absolute Gasteiger partial charge is 1.00 e. The maximum absolute atomic E-state index is 9.82. The van der Waals surface area contributed by atoms with Gasteiger partial charge in [0.25, 0.3) is 0 Å². The number of hydrogen-bond donors (Lipinski definition) is 2. The third-order valence-electron chi connectivity index (χ3n) is 0.446. The fourth-order valence-electron chi connectivity index (χ4n) is 0.0791. The first-order valence-electron chi connectivity index (χ1n) is 1.74. The Morgan fingerprint density at radius 1 is 2.00 bits per heavy atom. The van der Waals surface area contributed by atoms with Crippen LogP contribution in [0, 0.1) is 0 Å². The van der Waals surface area contributed by atoms with Crippen LogP contribution < -0.4 is 35.0 Å². The molecule has 0 fully saturated rings. The molecule has 0 aromatic carbocycles. The standard InChI is InChI=1S/C3H7NO2.Na.H/c1-2-3(5)4-6;;/h6H,2H2,1H3,(H,4,5);;/q;+1;-1. The van der Waals surface area contributed by atoms with Crippen molar-refractivity contribution < 1.29 is 41.0 Å². The Balaban J connectivity index is -0.000000125. The van der Waals surface area contributed by atoms with Crippen molar-refractivity contribution in [3.05, 3.63) is 0 Å². The predicted molar refractivity (Wildman–Crippen MR) is 21.3 cm³/mol. The van der Waals surface area contributed by atoms with Gasteiger partial charge < -0.3 is 1.43 Å². The second-order valence-corrected chi connectivity index (χ2v) is 0.889. The molecule has 0 bridgehead atoms. The summed E-state index contributed by atoms with van der Waals surface area (Å²) < 4.78 is 0. The van der Waals surface area contributed by atoms with Gasteiger partial charge in [0.15, 0.2) is 0 Å². The van der Waals surface area contributed by atoms with E-state index in [0.717, 1.165) is 0 Å². The van der Waals surface area contributed by atoms with Crippen LogP contribution >= 0.6 is 0 Å². The summed E-state index contributed by atoms with van der Waals surface area (Å²) in [6.07, 6.45) is 0.330. The van der Waals surface area contributed by atoms with Crippen LogP contribution in [-0.2, 0) is 4.79 Å². The normalized spacial score (nSPS) is 6.57. The van der Waals surface area contributed by atoms with Crippen LogP contribution in [0.5, 0.6) is 0 Å². The zero-order chi connectivity index (χ0) is 4.99. The fourth-order valence-corrected chi connectivity index (χ4v) is 0.0791. The molecule has 1 amide bonds. The van der Waals surface area contributed by atoms with Gasteiger partial charge in [-0.3, -0.25) is 10.0 Å². The van der Waals surface area contributed by atoms with E-state index in [2.05, 4.69) is 0 Å². The van der Waals surface area contributed by atoms with E-state index in [4.69, 9.17) is 5.21 Å². The summed E-state index contributed by atoms with van der Waals surface area (Å²) in [4.78, 5) is 9.82. The molecular formula is C3H8NNaO2. The molecule has 0 rings (SSSR count). The molecule has 2 N–H and O–H groups in total. The molecule has 0 saturated carbocycles. The molecule has 4 heteroatoms. The molecule has 0 spiro atoms. The second-order valence-electron chi connectivity index (χ2n) is 0.889. The molecule has 38 valence electrons. The molecule has 0 aromatic heterocycles. The van der Waals surface area contributed by atoms with Crippen LogP contribution in [0.1, 0.15) is 14.8 Å². The van der Waals surface area contributed by atoms with Gasteiger partial charge in [0.05, 0.1) is 0 Å². The number of hydroxylamine groups is 1. The van der Waals surface area contributed by atoms with E-state index >= 15 is 0 Å². The van der Waals surface area contributed by atoms with Crippen LogP contribution in [-0.4, -0.2) is 11.1 Å². The molecule has 0 aromatic rings. The number of carbonyl (C=O) groups excluding carboxylic acids is 1. The van der Waals surface area contributed by atoms with Crippen LogP contribution in [0.4, 0.5) is 0 Å². The molecule has 7 heavy (non-hydrogen) atoms. The van der Waals surface area contributed by atoms with Crippen LogP contribution in [0.15, 0.2) is 0 Å². The second kappa shape index (κ2) is 6.43. The van der Waals surface area contributed by atoms with Gasteiger partial charge in [0.1, 0.15) is 0 Å². The van der Waals surface area contributed by atoms with Crippen molar-refractivity contribution in [2.45, 2.75) is 13.3 Å². The molecule has 0 aliphatic carbocycles. The van der Waals surface area contributed by atoms with Gasteiger partial charge in [-0.15, -0.1) is 0 Å². The van der Waals surface area contributed by atoms with Crippen molar-refractivity contribution in [2.75, 3.05) is 0 Å². The maximum atomic E-state index is 9.82. The Kier molecular flexibility index (Phi) is 9.57. The third kappa shape index (κ3) is 6.43. The maximum Gasteiger partial charge on any atom is 1.00 e. The summed E-state index contributed by atoms with van der Waals surface area (Å²) in [5, 5.41) is 7.74.